The van der Waals surface area contributed by atoms with E-state index in [2.05, 4.69) is 10.3 Å². The van der Waals surface area contributed by atoms with E-state index in [1.165, 1.54) is 16.7 Å². The maximum Gasteiger partial charge on any atom is 0.420 e. The van der Waals surface area contributed by atoms with Gasteiger partial charge in [0, 0.05) is 6.54 Å². The van der Waals surface area contributed by atoms with Crippen molar-refractivity contribution in [3.05, 3.63) is 71.9 Å². The Kier molecular flexibility index (Phi) is 6.69. The van der Waals surface area contributed by atoms with Gasteiger partial charge in [-0.1, -0.05) is 53.7 Å². The predicted molar refractivity (Wildman–Crippen MR) is 116 cm³/mol. The minimum absolute atomic E-state index is 0.0646. The maximum absolute atomic E-state index is 13.2. The molecule has 3 rings (SSSR count). The number of aromatic nitrogens is 3. The van der Waals surface area contributed by atoms with E-state index in [1.807, 2.05) is 36.4 Å². The highest BCUT2D eigenvalue weighted by Gasteiger charge is 2.33. The Morgan fingerprint density at radius 2 is 1.61 bits per heavy atom. The number of benzene rings is 2. The highest BCUT2D eigenvalue weighted by Crippen LogP contribution is 2.30. The normalized spacial score (nSPS) is 11.1. The molecule has 0 aliphatic heterocycles. The molecular weight excluding hydrogens is 396 g/mol. The number of para-hydroxylation sites is 1. The lowest BCUT2D eigenvalue weighted by molar-refractivity contribution is 0.0591. The van der Waals surface area contributed by atoms with Gasteiger partial charge < -0.3 is 9.47 Å². The van der Waals surface area contributed by atoms with Gasteiger partial charge in [-0.2, -0.15) is 0 Å². The van der Waals surface area contributed by atoms with Gasteiger partial charge in [0.15, 0.2) is 5.82 Å². The third-order valence-corrected chi connectivity index (χ3v) is 4.35. The van der Waals surface area contributed by atoms with Crippen molar-refractivity contribution in [2.75, 3.05) is 12.0 Å². The first-order valence-corrected chi connectivity index (χ1v) is 9.94. The van der Waals surface area contributed by atoms with Gasteiger partial charge in [-0.3, -0.25) is 0 Å². The predicted octanol–water partition coefficient (Wildman–Crippen LogP) is 4.38. The first-order valence-electron chi connectivity index (χ1n) is 9.94. The zero-order chi connectivity index (χ0) is 22.4. The Labute approximate surface area is 181 Å². The molecule has 1 aromatic heterocycles. The van der Waals surface area contributed by atoms with Gasteiger partial charge >= 0.3 is 12.1 Å². The van der Waals surface area contributed by atoms with Crippen LogP contribution in [0.25, 0.3) is 0 Å². The number of ether oxygens (including phenoxy) is 2. The van der Waals surface area contributed by atoms with Crippen molar-refractivity contribution in [2.45, 2.75) is 39.3 Å². The molecule has 0 unspecified atom stereocenters. The molecule has 2 aromatic carbocycles. The van der Waals surface area contributed by atoms with Crippen LogP contribution in [-0.4, -0.2) is 39.8 Å². The number of hydrogen-bond donors (Lipinski definition) is 0. The van der Waals surface area contributed by atoms with Gasteiger partial charge in [0.1, 0.15) is 5.60 Å². The second kappa shape index (κ2) is 9.42. The summed E-state index contributed by atoms with van der Waals surface area (Å²) in [5.41, 5.74) is 0.806. The molecule has 0 fully saturated rings. The molecule has 31 heavy (non-hydrogen) atoms. The average molecular weight is 422 g/mol. The first kappa shape index (κ1) is 22.0. The van der Waals surface area contributed by atoms with Gasteiger partial charge in [-0.25, -0.2) is 19.2 Å². The van der Waals surface area contributed by atoms with Crippen LogP contribution in [-0.2, 0) is 22.4 Å². The van der Waals surface area contributed by atoms with Gasteiger partial charge in [-0.05, 0) is 44.9 Å². The van der Waals surface area contributed by atoms with Crippen molar-refractivity contribution in [1.29, 1.82) is 0 Å². The summed E-state index contributed by atoms with van der Waals surface area (Å²) in [5.74, 6) is -0.492. The fourth-order valence-electron chi connectivity index (χ4n) is 2.99. The molecule has 162 valence electrons. The average Bonchev–Trinajstić information content (AvgIpc) is 3.15. The molecule has 0 spiro atoms. The van der Waals surface area contributed by atoms with E-state index < -0.39 is 17.7 Å². The van der Waals surface area contributed by atoms with Gasteiger partial charge in [0.05, 0.1) is 12.8 Å². The molecular formula is C23H26N4O4. The molecule has 3 aromatic rings. The summed E-state index contributed by atoms with van der Waals surface area (Å²) in [6.07, 6.45) is -0.0125. The smallest absolute Gasteiger partial charge is 0.420 e. The zero-order valence-electron chi connectivity index (χ0n) is 18.1. The van der Waals surface area contributed by atoms with Crippen LogP contribution in [0.2, 0.25) is 0 Å². The number of carbonyl (C=O) groups is 2. The van der Waals surface area contributed by atoms with E-state index in [0.717, 1.165) is 5.56 Å². The summed E-state index contributed by atoms with van der Waals surface area (Å²) in [6, 6.07) is 18.8. The fourth-order valence-corrected chi connectivity index (χ4v) is 2.99. The number of esters is 1. The second-order valence-electron chi connectivity index (χ2n) is 7.86. The Morgan fingerprint density at radius 1 is 1.00 bits per heavy atom. The topological polar surface area (TPSA) is 86.5 Å². The molecule has 1 amide bonds. The Morgan fingerprint density at radius 3 is 2.19 bits per heavy atom. The number of nitrogens with zero attached hydrogens (tertiary/aromatic N) is 4. The summed E-state index contributed by atoms with van der Waals surface area (Å²) in [6.45, 7) is 5.73. The van der Waals surface area contributed by atoms with Crippen molar-refractivity contribution < 1.29 is 19.1 Å². The quantitative estimate of drug-likeness (QED) is 0.548. The highest BCUT2D eigenvalue weighted by molar-refractivity contribution is 6.02. The highest BCUT2D eigenvalue weighted by atomic mass is 16.6. The number of anilines is 2. The van der Waals surface area contributed by atoms with E-state index >= 15 is 0 Å². The van der Waals surface area contributed by atoms with E-state index in [4.69, 9.17) is 9.47 Å². The van der Waals surface area contributed by atoms with Crippen LogP contribution >= 0.6 is 0 Å². The SMILES string of the molecule is COC(=O)c1nnn(CCc2ccccc2)c1N(C(=O)OC(C)(C)C)c1ccccc1. The van der Waals surface area contributed by atoms with Crippen LogP contribution in [0.15, 0.2) is 60.7 Å². The monoisotopic (exact) mass is 422 g/mol. The third-order valence-electron chi connectivity index (χ3n) is 4.35. The van der Waals surface area contributed by atoms with Crippen LogP contribution in [0.1, 0.15) is 36.8 Å². The largest absolute Gasteiger partial charge is 0.464 e. The van der Waals surface area contributed by atoms with Crippen LogP contribution in [0.5, 0.6) is 0 Å². The molecule has 0 saturated heterocycles. The first-order chi connectivity index (χ1) is 14.8. The van der Waals surface area contributed by atoms with Crippen LogP contribution < -0.4 is 4.90 Å². The molecule has 0 radical (unpaired) electrons. The zero-order valence-corrected chi connectivity index (χ0v) is 18.1. The van der Waals surface area contributed by atoms with E-state index in [0.29, 0.717) is 18.7 Å². The maximum atomic E-state index is 13.2. The number of hydrogen-bond acceptors (Lipinski definition) is 6. The standard InChI is InChI=1S/C23H26N4O4/c1-23(2,3)31-22(29)27(18-13-9-6-10-14-18)20-19(21(28)30-4)24-25-26(20)16-15-17-11-7-5-8-12-17/h5-14H,15-16H2,1-4H3. The Balaban J connectivity index is 2.08. The Bertz CT molecular complexity index is 1030. The molecule has 0 atom stereocenters. The summed E-state index contributed by atoms with van der Waals surface area (Å²) in [7, 11) is 1.26. The molecule has 0 saturated carbocycles. The molecule has 0 aliphatic carbocycles. The molecule has 0 aliphatic rings. The molecule has 0 N–H and O–H groups in total. The van der Waals surface area contributed by atoms with Crippen molar-refractivity contribution in [3.8, 4) is 0 Å². The number of aryl methyl sites for hydroxylation is 2. The number of carbonyl (C=O) groups excluding carboxylic acids is 2. The summed E-state index contributed by atoms with van der Waals surface area (Å²) in [4.78, 5) is 27.0. The van der Waals surface area contributed by atoms with Crippen molar-refractivity contribution in [3.63, 3.8) is 0 Å². The summed E-state index contributed by atoms with van der Waals surface area (Å²) >= 11 is 0. The van der Waals surface area contributed by atoms with Crippen LogP contribution in [0, 0.1) is 0 Å². The van der Waals surface area contributed by atoms with Crippen LogP contribution in [0.3, 0.4) is 0 Å². The third kappa shape index (κ3) is 5.48. The molecule has 8 heteroatoms. The Hall–Kier alpha value is -3.68. The van der Waals surface area contributed by atoms with Crippen molar-refractivity contribution in [2.24, 2.45) is 0 Å². The summed E-state index contributed by atoms with van der Waals surface area (Å²) in [5, 5.41) is 8.16. The second-order valence-corrected chi connectivity index (χ2v) is 7.86. The molecule has 1 heterocycles. The van der Waals surface area contributed by atoms with Gasteiger partial charge in [0.25, 0.3) is 0 Å². The van der Waals surface area contributed by atoms with Gasteiger partial charge in [-0.15, -0.1) is 5.10 Å². The lowest BCUT2D eigenvalue weighted by Gasteiger charge is -2.27. The minimum atomic E-state index is -0.738. The van der Waals surface area contributed by atoms with E-state index in [9.17, 15) is 9.59 Å². The molecule has 0 bridgehead atoms. The lowest BCUT2D eigenvalue weighted by Crippen LogP contribution is -2.36. The van der Waals surface area contributed by atoms with Gasteiger partial charge in [0.2, 0.25) is 5.69 Å². The number of methoxy groups -OCH3 is 1. The van der Waals surface area contributed by atoms with Crippen LogP contribution in [0.4, 0.5) is 16.3 Å². The van der Waals surface area contributed by atoms with E-state index in [1.54, 1.807) is 45.0 Å². The van der Waals surface area contributed by atoms with E-state index in [-0.39, 0.29) is 11.5 Å². The lowest BCUT2D eigenvalue weighted by atomic mass is 10.1. The van der Waals surface area contributed by atoms with Crippen molar-refractivity contribution in [1.82, 2.24) is 15.0 Å². The number of rotatable bonds is 6. The summed E-state index contributed by atoms with van der Waals surface area (Å²) < 4.78 is 12.0. The minimum Gasteiger partial charge on any atom is -0.464 e. The fraction of sp³-hybridized carbons (Fsp3) is 0.304. The number of amides is 1. The molecule has 8 nitrogen and oxygen atoms in total. The van der Waals surface area contributed by atoms with Crippen molar-refractivity contribution >= 4 is 23.6 Å².